The Hall–Kier alpha value is -2.51. The van der Waals surface area contributed by atoms with Gasteiger partial charge in [-0.05, 0) is 55.0 Å². The van der Waals surface area contributed by atoms with Gasteiger partial charge in [0.2, 0.25) is 0 Å². The Morgan fingerprint density at radius 2 is 2.00 bits per heavy atom. The number of thioether (sulfide) groups is 1. The first kappa shape index (κ1) is 21.8. The number of methoxy groups -OCH3 is 1. The molecule has 0 aromatic heterocycles. The zero-order valence-electron chi connectivity index (χ0n) is 16.1. The van der Waals surface area contributed by atoms with Gasteiger partial charge in [0.1, 0.15) is 0 Å². The number of hydrazone groups is 1. The monoisotopic (exact) mass is 415 g/mol. The third kappa shape index (κ3) is 7.62. The van der Waals surface area contributed by atoms with Crippen LogP contribution in [0.25, 0.3) is 0 Å². The second kappa shape index (κ2) is 12.0. The molecule has 0 unspecified atom stereocenters. The van der Waals surface area contributed by atoms with E-state index in [-0.39, 0.29) is 0 Å². The number of aryl methyl sites for hydroxylation is 1. The van der Waals surface area contributed by atoms with E-state index >= 15 is 0 Å². The summed E-state index contributed by atoms with van der Waals surface area (Å²) in [6, 6.07) is 14.1. The fourth-order valence-corrected chi connectivity index (χ4v) is 3.07. The first-order chi connectivity index (χ1) is 13.6. The molecule has 0 saturated heterocycles. The number of rotatable bonds is 10. The fourth-order valence-electron chi connectivity index (χ4n) is 2.20. The molecule has 0 aliphatic heterocycles. The molecule has 2 N–H and O–H groups in total. The topological polar surface area (TPSA) is 54.9 Å². The summed E-state index contributed by atoms with van der Waals surface area (Å²) in [5.41, 5.74) is 4.88. The molecule has 0 spiro atoms. The summed E-state index contributed by atoms with van der Waals surface area (Å²) in [5, 5.41) is 7.48. The highest BCUT2D eigenvalue weighted by molar-refractivity contribution is 7.99. The minimum Gasteiger partial charge on any atom is -0.493 e. The average molecular weight is 416 g/mol. The molecule has 0 bridgehead atoms. The van der Waals surface area contributed by atoms with E-state index < -0.39 is 0 Å². The summed E-state index contributed by atoms with van der Waals surface area (Å²) < 4.78 is 11.3. The van der Waals surface area contributed by atoms with E-state index in [1.54, 1.807) is 31.2 Å². The maximum absolute atomic E-state index is 5.87. The molecule has 2 rings (SSSR count). The number of hydrogen-bond acceptors (Lipinski definition) is 5. The van der Waals surface area contributed by atoms with Crippen LogP contribution in [-0.4, -0.2) is 37.3 Å². The summed E-state index contributed by atoms with van der Waals surface area (Å²) in [6.45, 7) is 6.88. The molecule has 5 nitrogen and oxygen atoms in total. The first-order valence-corrected chi connectivity index (χ1v) is 10.2. The number of benzene rings is 2. The van der Waals surface area contributed by atoms with Crippen LogP contribution in [0.15, 0.2) is 65.1 Å². The minimum absolute atomic E-state index is 0.439. The summed E-state index contributed by atoms with van der Waals surface area (Å²) in [5.74, 6) is 2.23. The van der Waals surface area contributed by atoms with Crippen LogP contribution in [0.5, 0.6) is 11.5 Å². The van der Waals surface area contributed by atoms with Gasteiger partial charge in [0, 0.05) is 17.2 Å². The van der Waals surface area contributed by atoms with Crippen molar-refractivity contribution in [1.82, 2.24) is 10.7 Å². The molecular formula is C21H25N3O2S2. The molecule has 2 aromatic carbocycles. The lowest BCUT2D eigenvalue weighted by atomic mass is 10.2. The lowest BCUT2D eigenvalue weighted by molar-refractivity contribution is 0.313. The van der Waals surface area contributed by atoms with Gasteiger partial charge in [-0.1, -0.05) is 23.8 Å². The Morgan fingerprint density at radius 3 is 2.71 bits per heavy atom. The average Bonchev–Trinajstić information content (AvgIpc) is 2.71. The van der Waals surface area contributed by atoms with Crippen molar-refractivity contribution in [2.24, 2.45) is 5.10 Å². The van der Waals surface area contributed by atoms with Crippen LogP contribution in [0.2, 0.25) is 0 Å². The molecule has 0 heterocycles. The maximum Gasteiger partial charge on any atom is 0.187 e. The van der Waals surface area contributed by atoms with E-state index in [1.807, 2.05) is 18.2 Å². The zero-order valence-corrected chi connectivity index (χ0v) is 17.7. The van der Waals surface area contributed by atoms with E-state index in [0.717, 1.165) is 11.3 Å². The molecule has 28 heavy (non-hydrogen) atoms. The van der Waals surface area contributed by atoms with Crippen molar-refractivity contribution in [2.45, 2.75) is 11.8 Å². The second-order valence-corrected chi connectivity index (χ2v) is 7.37. The van der Waals surface area contributed by atoms with Crippen LogP contribution < -0.4 is 20.2 Å². The van der Waals surface area contributed by atoms with E-state index in [1.165, 1.54) is 10.5 Å². The van der Waals surface area contributed by atoms with Crippen LogP contribution in [0.1, 0.15) is 11.1 Å². The highest BCUT2D eigenvalue weighted by Gasteiger charge is 2.05. The number of hydrogen-bond donors (Lipinski definition) is 2. The Morgan fingerprint density at radius 1 is 1.21 bits per heavy atom. The Bertz CT molecular complexity index is 808. The predicted molar refractivity (Wildman–Crippen MR) is 122 cm³/mol. The Balaban J connectivity index is 1.83. The van der Waals surface area contributed by atoms with Crippen molar-refractivity contribution in [3.05, 3.63) is 66.2 Å². The first-order valence-electron chi connectivity index (χ1n) is 8.80. The van der Waals surface area contributed by atoms with Gasteiger partial charge >= 0.3 is 0 Å². The number of nitrogens with one attached hydrogen (secondary N) is 2. The fraction of sp³-hybridized carbons (Fsp3) is 0.238. The summed E-state index contributed by atoms with van der Waals surface area (Å²) >= 11 is 6.84. The van der Waals surface area contributed by atoms with Crippen LogP contribution in [0.4, 0.5) is 0 Å². The normalized spacial score (nSPS) is 10.5. The predicted octanol–water partition coefficient (Wildman–Crippen LogP) is 4.16. The quantitative estimate of drug-likeness (QED) is 0.152. The molecule has 0 aliphatic rings. The highest BCUT2D eigenvalue weighted by atomic mass is 32.2. The molecule has 0 fully saturated rings. The minimum atomic E-state index is 0.439. The Kier molecular flexibility index (Phi) is 9.37. The number of thiocarbonyl (C=S) groups is 1. The van der Waals surface area contributed by atoms with Crippen LogP contribution >= 0.6 is 24.0 Å². The summed E-state index contributed by atoms with van der Waals surface area (Å²) in [6.07, 6.45) is 3.39. The van der Waals surface area contributed by atoms with Gasteiger partial charge in [-0.3, -0.25) is 5.43 Å². The number of nitrogens with zero attached hydrogens (tertiary/aromatic N) is 1. The van der Waals surface area contributed by atoms with Gasteiger partial charge in [0.15, 0.2) is 16.6 Å². The lowest BCUT2D eigenvalue weighted by Gasteiger charge is -2.11. The Labute approximate surface area is 176 Å². The highest BCUT2D eigenvalue weighted by Crippen LogP contribution is 2.28. The van der Waals surface area contributed by atoms with Gasteiger partial charge < -0.3 is 14.8 Å². The molecule has 148 valence electrons. The summed E-state index contributed by atoms with van der Waals surface area (Å²) in [4.78, 5) is 1.24. The van der Waals surface area contributed by atoms with Gasteiger partial charge in [-0.15, -0.1) is 18.3 Å². The van der Waals surface area contributed by atoms with E-state index in [4.69, 9.17) is 21.7 Å². The second-order valence-electron chi connectivity index (χ2n) is 5.79. The van der Waals surface area contributed by atoms with Crippen molar-refractivity contribution in [3.8, 4) is 11.5 Å². The third-order valence-electron chi connectivity index (χ3n) is 3.60. The molecular weight excluding hydrogens is 390 g/mol. The molecule has 0 saturated carbocycles. The molecule has 0 atom stereocenters. The lowest BCUT2D eigenvalue weighted by Crippen LogP contribution is -2.31. The van der Waals surface area contributed by atoms with Crippen molar-refractivity contribution < 1.29 is 9.47 Å². The van der Waals surface area contributed by atoms with E-state index in [0.29, 0.717) is 29.8 Å². The number of ether oxygens (including phenoxy) is 2. The van der Waals surface area contributed by atoms with Gasteiger partial charge in [0.05, 0.1) is 19.9 Å². The molecule has 0 amide bonds. The van der Waals surface area contributed by atoms with Crippen molar-refractivity contribution in [2.75, 3.05) is 26.0 Å². The standard InChI is InChI=1S/C21H25N3O2S2/c1-4-11-22-21(27)24-23-15-17-7-10-19(20(14-17)25-3)26-12-13-28-18-8-5-16(2)6-9-18/h4-10,14-15H,1,11-13H2,2-3H3,(H2,22,24,27)/b23-15-. The zero-order chi connectivity index (χ0) is 20.2. The van der Waals surface area contributed by atoms with Crippen molar-refractivity contribution in [1.29, 1.82) is 0 Å². The summed E-state index contributed by atoms with van der Waals surface area (Å²) in [7, 11) is 1.62. The van der Waals surface area contributed by atoms with Crippen molar-refractivity contribution in [3.63, 3.8) is 0 Å². The molecule has 0 radical (unpaired) electrons. The molecule has 2 aromatic rings. The third-order valence-corrected chi connectivity index (χ3v) is 4.82. The van der Waals surface area contributed by atoms with Gasteiger partial charge in [-0.25, -0.2) is 0 Å². The SMILES string of the molecule is C=CCNC(=S)N/N=C\c1ccc(OCCSc2ccc(C)cc2)c(OC)c1. The van der Waals surface area contributed by atoms with Crippen LogP contribution in [0.3, 0.4) is 0 Å². The van der Waals surface area contributed by atoms with Gasteiger partial charge in [-0.2, -0.15) is 5.10 Å². The van der Waals surface area contributed by atoms with E-state index in [9.17, 15) is 0 Å². The maximum atomic E-state index is 5.87. The smallest absolute Gasteiger partial charge is 0.187 e. The van der Waals surface area contributed by atoms with E-state index in [2.05, 4.69) is 53.6 Å². The van der Waals surface area contributed by atoms with Gasteiger partial charge in [0.25, 0.3) is 0 Å². The molecule has 0 aliphatic carbocycles. The van der Waals surface area contributed by atoms with Crippen LogP contribution in [-0.2, 0) is 0 Å². The van der Waals surface area contributed by atoms with Crippen molar-refractivity contribution >= 4 is 35.3 Å². The molecule has 7 heteroatoms. The van der Waals surface area contributed by atoms with Crippen LogP contribution in [0, 0.1) is 6.92 Å². The largest absolute Gasteiger partial charge is 0.493 e.